The van der Waals surface area contributed by atoms with E-state index in [4.69, 9.17) is 4.74 Å². The number of pyridine rings is 1. The molecule has 3 aromatic rings. The molecule has 0 aliphatic carbocycles. The molecular formula is C25H28FN7O4S. The van der Waals surface area contributed by atoms with Crippen molar-refractivity contribution in [1.29, 1.82) is 5.26 Å². The second-order valence-electron chi connectivity index (χ2n) is 10.0. The number of hydrogen-bond acceptors (Lipinski definition) is 8. The molecule has 38 heavy (non-hydrogen) atoms. The van der Waals surface area contributed by atoms with E-state index in [0.717, 1.165) is 25.9 Å². The molecule has 0 bridgehead atoms. The van der Waals surface area contributed by atoms with E-state index in [0.29, 0.717) is 16.8 Å². The summed E-state index contributed by atoms with van der Waals surface area (Å²) in [6.45, 7) is 1.94. The van der Waals surface area contributed by atoms with Crippen molar-refractivity contribution in [2.75, 3.05) is 31.6 Å². The second kappa shape index (κ2) is 9.46. The molecule has 3 aliphatic heterocycles. The number of H-pyrrole nitrogens is 1. The molecule has 1 aromatic carbocycles. The standard InChI is InChI=1S/C25H28FN7O4S/c26-21-15-37-12-7-25(21,6-8-27)33-19-5-11-29-24(34)22(19)23(31-33)30-17-1-2-20-16(13-17)14-32(38(20,35)36)18-3-9-28-10-4-18/h1-2,5,11,13,18,21,28H,3-4,6-7,9-10,12,14-15H2,(H,29,34)(H,30,31)/t21-,25+/m1/s1. The van der Waals surface area contributed by atoms with Crippen LogP contribution < -0.4 is 16.2 Å². The normalized spacial score (nSPS) is 25.7. The highest BCUT2D eigenvalue weighted by Gasteiger charge is 2.46. The lowest BCUT2D eigenvalue weighted by molar-refractivity contribution is -0.0511. The van der Waals surface area contributed by atoms with Crippen LogP contribution in [0.3, 0.4) is 0 Å². The largest absolute Gasteiger partial charge is 0.378 e. The third kappa shape index (κ3) is 3.90. The lowest BCUT2D eigenvalue weighted by atomic mass is 9.85. The third-order valence-corrected chi connectivity index (χ3v) is 9.89. The Balaban J connectivity index is 1.39. The number of rotatable bonds is 5. The van der Waals surface area contributed by atoms with Gasteiger partial charge in [-0.15, -0.1) is 0 Å². The average Bonchev–Trinajstić information content (AvgIpc) is 3.41. The molecule has 3 N–H and O–H groups in total. The SMILES string of the molecule is N#CC[C@]1(n2nc(Nc3ccc4c(c3)CN(C3CCNCC3)S4(=O)=O)c3c(=O)[nH]ccc32)CCOC[C@H]1F. The van der Waals surface area contributed by atoms with E-state index >= 15 is 4.39 Å². The highest BCUT2D eigenvalue weighted by atomic mass is 32.2. The maximum absolute atomic E-state index is 15.3. The average molecular weight is 542 g/mol. The number of nitrogens with zero attached hydrogens (tertiary/aromatic N) is 4. The van der Waals surface area contributed by atoms with Gasteiger partial charge in [-0.05, 0) is 62.2 Å². The van der Waals surface area contributed by atoms with Crippen molar-refractivity contribution in [3.05, 3.63) is 46.4 Å². The van der Waals surface area contributed by atoms with E-state index in [1.54, 1.807) is 28.6 Å². The first kappa shape index (κ1) is 25.0. The number of alkyl halides is 1. The van der Waals surface area contributed by atoms with Gasteiger partial charge in [-0.3, -0.25) is 9.48 Å². The summed E-state index contributed by atoms with van der Waals surface area (Å²) in [6.07, 6.45) is 1.59. The van der Waals surface area contributed by atoms with E-state index < -0.39 is 27.3 Å². The first-order chi connectivity index (χ1) is 18.3. The molecule has 13 heteroatoms. The molecule has 0 saturated carbocycles. The maximum Gasteiger partial charge on any atom is 0.261 e. The molecule has 5 heterocycles. The van der Waals surface area contributed by atoms with Crippen LogP contribution in [0.2, 0.25) is 0 Å². The summed E-state index contributed by atoms with van der Waals surface area (Å²) in [5.74, 6) is 0.203. The number of halogens is 1. The van der Waals surface area contributed by atoms with Crippen LogP contribution in [-0.2, 0) is 26.8 Å². The monoisotopic (exact) mass is 541 g/mol. The van der Waals surface area contributed by atoms with Crippen molar-refractivity contribution in [3.63, 3.8) is 0 Å². The van der Waals surface area contributed by atoms with Gasteiger partial charge in [-0.1, -0.05) is 0 Å². The Hall–Kier alpha value is -3.31. The number of nitrogens with one attached hydrogen (secondary N) is 3. The number of aromatic nitrogens is 3. The number of hydrogen-bond donors (Lipinski definition) is 3. The molecule has 0 unspecified atom stereocenters. The number of nitriles is 1. The molecule has 0 spiro atoms. The highest BCUT2D eigenvalue weighted by molar-refractivity contribution is 7.89. The van der Waals surface area contributed by atoms with Gasteiger partial charge in [0.25, 0.3) is 5.56 Å². The van der Waals surface area contributed by atoms with Crippen LogP contribution >= 0.6 is 0 Å². The summed E-state index contributed by atoms with van der Waals surface area (Å²) < 4.78 is 50.1. The Morgan fingerprint density at radius 3 is 2.87 bits per heavy atom. The lowest BCUT2D eigenvalue weighted by Gasteiger charge is -2.38. The Morgan fingerprint density at radius 2 is 2.11 bits per heavy atom. The van der Waals surface area contributed by atoms with Gasteiger partial charge in [0.15, 0.2) is 5.82 Å². The van der Waals surface area contributed by atoms with Crippen LogP contribution in [0.5, 0.6) is 0 Å². The Bertz CT molecular complexity index is 1590. The van der Waals surface area contributed by atoms with Gasteiger partial charge in [-0.25, -0.2) is 12.8 Å². The first-order valence-electron chi connectivity index (χ1n) is 12.7. The minimum Gasteiger partial charge on any atom is -0.378 e. The van der Waals surface area contributed by atoms with Gasteiger partial charge in [0.2, 0.25) is 10.0 Å². The van der Waals surface area contributed by atoms with Gasteiger partial charge in [0.1, 0.15) is 17.1 Å². The molecule has 3 aliphatic rings. The van der Waals surface area contributed by atoms with E-state index in [-0.39, 0.29) is 54.7 Å². The number of aromatic amines is 1. The van der Waals surface area contributed by atoms with E-state index in [2.05, 4.69) is 26.8 Å². The summed E-state index contributed by atoms with van der Waals surface area (Å²) in [5.41, 5.74) is -0.0664. The minimum absolute atomic E-state index is 0.0484. The smallest absolute Gasteiger partial charge is 0.261 e. The van der Waals surface area contributed by atoms with Crippen LogP contribution in [0, 0.1) is 11.3 Å². The topological polar surface area (TPSA) is 145 Å². The van der Waals surface area contributed by atoms with Gasteiger partial charge in [-0.2, -0.15) is 14.7 Å². The fraction of sp³-hybridized carbons (Fsp3) is 0.480. The van der Waals surface area contributed by atoms with Gasteiger partial charge >= 0.3 is 0 Å². The Morgan fingerprint density at radius 1 is 1.29 bits per heavy atom. The summed E-state index contributed by atoms with van der Waals surface area (Å²) in [6, 6.07) is 8.65. The van der Waals surface area contributed by atoms with Crippen LogP contribution in [0.1, 0.15) is 31.2 Å². The van der Waals surface area contributed by atoms with E-state index in [9.17, 15) is 18.5 Å². The predicted octanol–water partition coefficient (Wildman–Crippen LogP) is 2.09. The van der Waals surface area contributed by atoms with Crippen molar-refractivity contribution in [3.8, 4) is 6.07 Å². The zero-order valence-corrected chi connectivity index (χ0v) is 21.4. The number of piperidine rings is 1. The maximum atomic E-state index is 15.3. The van der Waals surface area contributed by atoms with Gasteiger partial charge < -0.3 is 20.4 Å². The summed E-state index contributed by atoms with van der Waals surface area (Å²) >= 11 is 0. The van der Waals surface area contributed by atoms with Crippen LogP contribution in [0.15, 0.2) is 40.2 Å². The van der Waals surface area contributed by atoms with Crippen LogP contribution in [-0.4, -0.2) is 66.0 Å². The molecule has 11 nitrogen and oxygen atoms in total. The predicted molar refractivity (Wildman–Crippen MR) is 137 cm³/mol. The van der Waals surface area contributed by atoms with Crippen LogP contribution in [0.4, 0.5) is 15.9 Å². The number of anilines is 2. The summed E-state index contributed by atoms with van der Waals surface area (Å²) in [4.78, 5) is 15.8. The zero-order chi connectivity index (χ0) is 26.5. The van der Waals surface area contributed by atoms with E-state index in [1.807, 2.05) is 0 Å². The lowest BCUT2D eigenvalue weighted by Crippen LogP contribution is -2.49. The molecular weight excluding hydrogens is 513 g/mol. The molecule has 2 atom stereocenters. The quantitative estimate of drug-likeness (QED) is 0.445. The van der Waals surface area contributed by atoms with Crippen molar-refractivity contribution in [2.24, 2.45) is 0 Å². The van der Waals surface area contributed by atoms with Crippen molar-refractivity contribution in [1.82, 2.24) is 24.4 Å². The highest BCUT2D eigenvalue weighted by Crippen LogP contribution is 2.39. The fourth-order valence-corrected chi connectivity index (χ4v) is 7.73. The third-order valence-electron chi connectivity index (χ3n) is 7.89. The molecule has 2 saturated heterocycles. The number of fused-ring (bicyclic) bond motifs is 2. The molecule has 6 rings (SSSR count). The first-order valence-corrected chi connectivity index (χ1v) is 14.1. The van der Waals surface area contributed by atoms with Crippen LogP contribution in [0.25, 0.3) is 10.9 Å². The zero-order valence-electron chi connectivity index (χ0n) is 20.6. The fourth-order valence-electron chi connectivity index (χ4n) is 5.87. The van der Waals surface area contributed by atoms with E-state index in [1.165, 1.54) is 10.9 Å². The summed E-state index contributed by atoms with van der Waals surface area (Å²) in [5, 5.41) is 20.8. The minimum atomic E-state index is -3.59. The molecule has 200 valence electrons. The Kier molecular flexibility index (Phi) is 6.22. The summed E-state index contributed by atoms with van der Waals surface area (Å²) in [7, 11) is -3.59. The molecule has 2 aromatic heterocycles. The number of benzene rings is 1. The van der Waals surface area contributed by atoms with Crippen molar-refractivity contribution < 1.29 is 17.5 Å². The number of sulfonamides is 1. The molecule has 2 fully saturated rings. The van der Waals surface area contributed by atoms with Gasteiger partial charge in [0.05, 0.1) is 29.5 Å². The van der Waals surface area contributed by atoms with Crippen molar-refractivity contribution >= 4 is 32.4 Å². The molecule has 0 amide bonds. The van der Waals surface area contributed by atoms with Crippen molar-refractivity contribution in [2.45, 2.75) is 54.9 Å². The number of ether oxygens (including phenoxy) is 1. The molecule has 0 radical (unpaired) electrons. The van der Waals surface area contributed by atoms with Gasteiger partial charge in [0, 0.05) is 31.1 Å². The Labute approximate surface area is 218 Å². The second-order valence-corrected chi connectivity index (χ2v) is 11.9.